The fraction of sp³-hybridized carbons (Fsp3) is 0.278. The van der Waals surface area contributed by atoms with Crippen molar-refractivity contribution in [1.82, 2.24) is 20.1 Å². The van der Waals surface area contributed by atoms with Crippen molar-refractivity contribution in [2.75, 3.05) is 24.1 Å². The number of anilines is 2. The summed E-state index contributed by atoms with van der Waals surface area (Å²) in [5, 5.41) is 10.8. The third-order valence-electron chi connectivity index (χ3n) is 3.93. The molecule has 2 heterocycles. The zero-order chi connectivity index (χ0) is 19.2. The first-order valence-corrected chi connectivity index (χ1v) is 9.00. The number of nitrogens with two attached hydrogens (primary N) is 1. The Morgan fingerprint density at radius 1 is 1.37 bits per heavy atom. The van der Waals surface area contributed by atoms with E-state index in [1.165, 1.54) is 6.26 Å². The van der Waals surface area contributed by atoms with Gasteiger partial charge in [-0.25, -0.2) is 0 Å². The molecule has 0 aliphatic carbocycles. The number of nitrogens with zero attached hydrogens (tertiary/aromatic N) is 3. The maximum absolute atomic E-state index is 12.2. The molecule has 1 amide bonds. The van der Waals surface area contributed by atoms with Gasteiger partial charge in [0.05, 0.1) is 16.9 Å². The predicted octanol–water partition coefficient (Wildman–Crippen LogP) is 3.03. The Kier molecular flexibility index (Phi) is 6.10. The Hall–Kier alpha value is -2.84. The fourth-order valence-electron chi connectivity index (χ4n) is 2.56. The van der Waals surface area contributed by atoms with Crippen molar-refractivity contribution in [2.24, 2.45) is 0 Å². The molecule has 1 aromatic carbocycles. The number of hydrogen-bond donors (Lipinski definition) is 3. The van der Waals surface area contributed by atoms with Crippen LogP contribution < -0.4 is 16.4 Å². The summed E-state index contributed by atoms with van der Waals surface area (Å²) in [7, 11) is 0. The van der Waals surface area contributed by atoms with Crippen molar-refractivity contribution in [2.45, 2.75) is 19.9 Å². The molecule has 4 N–H and O–H groups in total. The van der Waals surface area contributed by atoms with Crippen LogP contribution in [0.25, 0.3) is 11.1 Å². The number of oxazole rings is 1. The number of carbonyl (C=O) groups is 1. The number of aromatic nitrogens is 3. The summed E-state index contributed by atoms with van der Waals surface area (Å²) in [6.07, 6.45) is 5.96. The lowest BCUT2D eigenvalue weighted by Gasteiger charge is -2.08. The molecule has 9 heteroatoms. The zero-order valence-electron chi connectivity index (χ0n) is 14.9. The number of benzene rings is 1. The largest absolute Gasteiger partial charge is 0.431 e. The minimum atomic E-state index is -0.450. The second-order valence-electron chi connectivity index (χ2n) is 5.92. The predicted molar refractivity (Wildman–Crippen MR) is 105 cm³/mol. The second-order valence-corrected chi connectivity index (χ2v) is 6.33. The number of nitrogens with one attached hydrogen (secondary N) is 2. The van der Waals surface area contributed by atoms with Gasteiger partial charge in [0.25, 0.3) is 11.9 Å². The van der Waals surface area contributed by atoms with E-state index >= 15 is 0 Å². The lowest BCUT2D eigenvalue weighted by atomic mass is 10.1. The molecular weight excluding hydrogens is 368 g/mol. The standard InChI is InChI=1S/C18H21ClN6O2/c1-2-21-6-3-7-25-10-13(9-22-25)12-4-5-14(19)15(8-12)23-17(26)16-11-27-18(20)24-16/h4-5,8-11,21H,2-3,6-7H2,1H3,(H2,20,24)(H,23,26). The first-order chi connectivity index (χ1) is 13.1. The van der Waals surface area contributed by atoms with E-state index in [2.05, 4.69) is 27.6 Å². The van der Waals surface area contributed by atoms with Gasteiger partial charge in [0.2, 0.25) is 0 Å². The summed E-state index contributed by atoms with van der Waals surface area (Å²) >= 11 is 6.21. The number of hydrogen-bond acceptors (Lipinski definition) is 6. The van der Waals surface area contributed by atoms with Crippen molar-refractivity contribution in [3.63, 3.8) is 0 Å². The molecule has 8 nitrogen and oxygen atoms in total. The van der Waals surface area contributed by atoms with Crippen LogP contribution >= 0.6 is 11.6 Å². The Morgan fingerprint density at radius 3 is 2.96 bits per heavy atom. The molecule has 0 saturated carbocycles. The molecule has 0 aliphatic rings. The van der Waals surface area contributed by atoms with Crippen LogP contribution in [0, 0.1) is 0 Å². The van der Waals surface area contributed by atoms with Gasteiger partial charge in [0.1, 0.15) is 6.26 Å². The summed E-state index contributed by atoms with van der Waals surface area (Å²) in [6, 6.07) is 5.34. The average molecular weight is 389 g/mol. The smallest absolute Gasteiger partial charge is 0.292 e. The quantitative estimate of drug-likeness (QED) is 0.511. The van der Waals surface area contributed by atoms with Gasteiger partial charge in [-0.05, 0) is 37.2 Å². The average Bonchev–Trinajstić information content (AvgIpc) is 3.30. The van der Waals surface area contributed by atoms with Gasteiger partial charge < -0.3 is 20.8 Å². The molecule has 2 aromatic heterocycles. The normalized spacial score (nSPS) is 10.9. The third-order valence-corrected chi connectivity index (χ3v) is 4.26. The molecule has 27 heavy (non-hydrogen) atoms. The van der Waals surface area contributed by atoms with E-state index in [4.69, 9.17) is 21.8 Å². The van der Waals surface area contributed by atoms with Crippen LogP contribution in [-0.4, -0.2) is 33.8 Å². The molecular formula is C18H21ClN6O2. The highest BCUT2D eigenvalue weighted by Gasteiger charge is 2.14. The molecule has 0 unspecified atom stereocenters. The summed E-state index contributed by atoms with van der Waals surface area (Å²) in [4.78, 5) is 16.0. The zero-order valence-corrected chi connectivity index (χ0v) is 15.7. The summed E-state index contributed by atoms with van der Waals surface area (Å²) in [5.41, 5.74) is 7.79. The van der Waals surface area contributed by atoms with E-state index in [1.807, 2.05) is 16.9 Å². The number of carbonyl (C=O) groups excluding carboxylic acids is 1. The van der Waals surface area contributed by atoms with Crippen molar-refractivity contribution < 1.29 is 9.21 Å². The minimum Gasteiger partial charge on any atom is -0.431 e. The number of nitrogen functional groups attached to an aromatic ring is 1. The van der Waals surface area contributed by atoms with Crippen LogP contribution in [0.2, 0.25) is 5.02 Å². The van der Waals surface area contributed by atoms with Crippen LogP contribution in [0.1, 0.15) is 23.8 Å². The second kappa shape index (κ2) is 8.70. The highest BCUT2D eigenvalue weighted by molar-refractivity contribution is 6.34. The van der Waals surface area contributed by atoms with Crippen LogP contribution in [0.5, 0.6) is 0 Å². The van der Waals surface area contributed by atoms with Crippen molar-refractivity contribution in [3.8, 4) is 11.1 Å². The highest BCUT2D eigenvalue weighted by atomic mass is 35.5. The lowest BCUT2D eigenvalue weighted by molar-refractivity contribution is 0.102. The molecule has 0 saturated heterocycles. The molecule has 0 bridgehead atoms. The summed E-state index contributed by atoms with van der Waals surface area (Å²) in [6.45, 7) is 4.83. The Labute approximate surface area is 161 Å². The third kappa shape index (κ3) is 4.87. The molecule has 0 fully saturated rings. The first kappa shape index (κ1) is 18.9. The van der Waals surface area contributed by atoms with Crippen molar-refractivity contribution in [3.05, 3.63) is 47.6 Å². The van der Waals surface area contributed by atoms with Gasteiger partial charge in [0.15, 0.2) is 5.69 Å². The maximum Gasteiger partial charge on any atom is 0.292 e. The maximum atomic E-state index is 12.2. The van der Waals surface area contributed by atoms with Crippen molar-refractivity contribution in [1.29, 1.82) is 0 Å². The van der Waals surface area contributed by atoms with Crippen LogP contribution in [0.15, 0.2) is 41.3 Å². The van der Waals surface area contributed by atoms with Gasteiger partial charge in [-0.15, -0.1) is 0 Å². The first-order valence-electron chi connectivity index (χ1n) is 8.62. The number of halogens is 1. The van der Waals surface area contributed by atoms with Crippen LogP contribution in [-0.2, 0) is 6.54 Å². The van der Waals surface area contributed by atoms with Crippen molar-refractivity contribution >= 4 is 29.2 Å². The van der Waals surface area contributed by atoms with Gasteiger partial charge in [-0.1, -0.05) is 24.6 Å². The Bertz CT molecular complexity index is 920. The minimum absolute atomic E-state index is 0.0680. The van der Waals surface area contributed by atoms with E-state index in [1.54, 1.807) is 18.3 Å². The Morgan fingerprint density at radius 2 is 2.22 bits per heavy atom. The highest BCUT2D eigenvalue weighted by Crippen LogP contribution is 2.29. The SMILES string of the molecule is CCNCCCn1cc(-c2ccc(Cl)c(NC(=O)c3coc(N)n3)c2)cn1. The summed E-state index contributed by atoms with van der Waals surface area (Å²) < 4.78 is 6.75. The van der Waals surface area contributed by atoms with E-state index in [0.717, 1.165) is 37.2 Å². The fourth-order valence-corrected chi connectivity index (χ4v) is 2.72. The topological polar surface area (TPSA) is 111 Å². The number of aryl methyl sites for hydroxylation is 1. The molecule has 142 valence electrons. The monoisotopic (exact) mass is 388 g/mol. The Balaban J connectivity index is 1.71. The lowest BCUT2D eigenvalue weighted by Crippen LogP contribution is -2.16. The molecule has 0 aliphatic heterocycles. The molecule has 0 radical (unpaired) electrons. The van der Waals surface area contributed by atoms with Crippen LogP contribution in [0.4, 0.5) is 11.7 Å². The summed E-state index contributed by atoms with van der Waals surface area (Å²) in [5.74, 6) is -0.450. The van der Waals surface area contributed by atoms with E-state index in [9.17, 15) is 4.79 Å². The van der Waals surface area contributed by atoms with Gasteiger partial charge >= 0.3 is 0 Å². The van der Waals surface area contributed by atoms with E-state index in [-0.39, 0.29) is 11.7 Å². The van der Waals surface area contributed by atoms with Gasteiger partial charge in [-0.2, -0.15) is 10.1 Å². The van der Waals surface area contributed by atoms with E-state index in [0.29, 0.717) is 10.7 Å². The number of rotatable bonds is 8. The molecule has 3 rings (SSSR count). The molecule has 0 atom stereocenters. The van der Waals surface area contributed by atoms with Gasteiger partial charge in [0, 0.05) is 18.3 Å². The number of amides is 1. The molecule has 0 spiro atoms. The molecule has 3 aromatic rings. The van der Waals surface area contributed by atoms with Crippen LogP contribution in [0.3, 0.4) is 0 Å². The van der Waals surface area contributed by atoms with E-state index < -0.39 is 5.91 Å². The van der Waals surface area contributed by atoms with Gasteiger partial charge in [-0.3, -0.25) is 9.48 Å².